The van der Waals surface area contributed by atoms with Crippen LogP contribution in [0.1, 0.15) is 297 Å². The average molecular weight is 1390 g/mol. The first kappa shape index (κ1) is 91.7. The first-order valence-electron chi connectivity index (χ1n) is 37.1. The SMILES string of the molecule is CC/C=C\C/C=C\C/C=C\C/C=C\C/C=C\CCCC(=O)OCC(COP(=O)(O)OCC(O)COP(=O)(O)OCC(COC(=O)CCCCCCC/C=C\C/C=C\C/C=C\CC)OC(=O)CCCCCCC/C=C\CCCC)OC(=O)CCCCCCCCCCCCCCC. The molecule has 0 amide bonds. The molecule has 0 aromatic heterocycles. The van der Waals surface area contributed by atoms with Crippen LogP contribution < -0.4 is 0 Å². The molecular weight excluding hydrogens is 1260 g/mol. The van der Waals surface area contributed by atoms with Gasteiger partial charge < -0.3 is 33.8 Å². The monoisotopic (exact) mass is 1390 g/mol. The second-order valence-corrected chi connectivity index (χ2v) is 27.4. The van der Waals surface area contributed by atoms with Gasteiger partial charge in [0.1, 0.15) is 19.3 Å². The Hall–Kier alpha value is -4.28. The predicted molar refractivity (Wildman–Crippen MR) is 390 cm³/mol. The number of unbranched alkanes of at least 4 members (excludes halogenated alkanes) is 25. The second-order valence-electron chi connectivity index (χ2n) is 24.5. The normalized spacial score (nSPS) is 14.6. The van der Waals surface area contributed by atoms with Crippen molar-refractivity contribution in [2.24, 2.45) is 0 Å². The van der Waals surface area contributed by atoms with Crippen molar-refractivity contribution >= 4 is 39.5 Å². The highest BCUT2D eigenvalue weighted by atomic mass is 31.2. The summed E-state index contributed by atoms with van der Waals surface area (Å²) in [6.45, 7) is 4.52. The predicted octanol–water partition coefficient (Wildman–Crippen LogP) is 21.0. The standard InChI is InChI=1S/C77H132O17P2/c1-5-9-13-17-21-25-29-32-34-35-37-40-43-46-50-54-58-62-75(80)88-68-73(94-77(82)64-60-56-52-48-44-38-31-27-23-19-15-11-7-3)70-92-96(85,86)90-66-71(78)65-89-95(83,84)91-69-72(93-76(81)63-59-55-51-47-41-28-24-20-16-12-8-4)67-87-74(79)61-57-53-49-45-42-39-36-33-30-26-22-18-14-10-6-2/h9-10,13-14,20-22,24-26,32-34,36-37,40,46,50,71-73,78H,5-8,11-12,15-19,23,27-31,35,38-39,41-45,47-49,51-70H2,1-4H3,(H,83,84)(H,85,86)/b13-9-,14-10-,24-20-,25-21-,26-22-,34-32-,36-33-,40-37-,50-46-. The van der Waals surface area contributed by atoms with Crippen LogP contribution in [0.4, 0.5) is 0 Å². The number of carbonyl (C=O) groups is 4. The maximum absolute atomic E-state index is 13.1. The van der Waals surface area contributed by atoms with Gasteiger partial charge in [0.05, 0.1) is 26.4 Å². The number of aliphatic hydroxyl groups is 1. The molecule has 0 aromatic rings. The van der Waals surface area contributed by atoms with E-state index in [0.717, 1.165) is 148 Å². The molecule has 0 saturated carbocycles. The van der Waals surface area contributed by atoms with Crippen molar-refractivity contribution < 1.29 is 80.2 Å². The number of phosphoric ester groups is 2. The molecule has 5 atom stereocenters. The van der Waals surface area contributed by atoms with Crippen molar-refractivity contribution in [3.8, 4) is 0 Å². The number of hydrogen-bond acceptors (Lipinski definition) is 15. The molecule has 0 fully saturated rings. The number of rotatable bonds is 69. The van der Waals surface area contributed by atoms with Crippen molar-refractivity contribution in [3.05, 3.63) is 109 Å². The van der Waals surface area contributed by atoms with Gasteiger partial charge in [-0.05, 0) is 116 Å². The molecule has 5 unspecified atom stereocenters. The van der Waals surface area contributed by atoms with Crippen LogP contribution in [-0.2, 0) is 65.4 Å². The summed E-state index contributed by atoms with van der Waals surface area (Å²) in [5.41, 5.74) is 0. The van der Waals surface area contributed by atoms with Gasteiger partial charge in [-0.15, -0.1) is 0 Å². The fourth-order valence-corrected chi connectivity index (χ4v) is 11.2. The van der Waals surface area contributed by atoms with Crippen LogP contribution >= 0.6 is 15.6 Å². The Morgan fingerprint density at radius 3 is 0.917 bits per heavy atom. The number of allylic oxidation sites excluding steroid dienone is 18. The lowest BCUT2D eigenvalue weighted by Crippen LogP contribution is -2.30. The molecule has 552 valence electrons. The number of esters is 4. The first-order valence-corrected chi connectivity index (χ1v) is 40.1. The lowest BCUT2D eigenvalue weighted by Gasteiger charge is -2.21. The van der Waals surface area contributed by atoms with E-state index < -0.39 is 97.5 Å². The Morgan fingerprint density at radius 1 is 0.302 bits per heavy atom. The van der Waals surface area contributed by atoms with Crippen molar-refractivity contribution in [2.45, 2.75) is 316 Å². The van der Waals surface area contributed by atoms with E-state index in [4.69, 9.17) is 37.0 Å². The van der Waals surface area contributed by atoms with E-state index in [1.54, 1.807) is 0 Å². The fourth-order valence-electron chi connectivity index (χ4n) is 9.60. The van der Waals surface area contributed by atoms with Gasteiger partial charge in [0.15, 0.2) is 12.2 Å². The molecule has 0 bridgehead atoms. The van der Waals surface area contributed by atoms with Crippen molar-refractivity contribution in [1.29, 1.82) is 0 Å². The van der Waals surface area contributed by atoms with Gasteiger partial charge in [-0.25, -0.2) is 9.13 Å². The van der Waals surface area contributed by atoms with E-state index in [1.165, 1.54) is 64.2 Å². The third-order valence-corrected chi connectivity index (χ3v) is 17.1. The highest BCUT2D eigenvalue weighted by Crippen LogP contribution is 2.45. The summed E-state index contributed by atoms with van der Waals surface area (Å²) in [4.78, 5) is 72.7. The molecule has 96 heavy (non-hydrogen) atoms. The van der Waals surface area contributed by atoms with Gasteiger partial charge in [-0.3, -0.25) is 37.3 Å². The highest BCUT2D eigenvalue weighted by molar-refractivity contribution is 7.47. The van der Waals surface area contributed by atoms with Crippen LogP contribution in [-0.4, -0.2) is 96.7 Å². The molecule has 0 radical (unpaired) electrons. The lowest BCUT2D eigenvalue weighted by atomic mass is 10.0. The first-order chi connectivity index (χ1) is 46.7. The minimum Gasteiger partial charge on any atom is -0.462 e. The van der Waals surface area contributed by atoms with Gasteiger partial charge in [0, 0.05) is 25.7 Å². The van der Waals surface area contributed by atoms with Gasteiger partial charge in [-0.2, -0.15) is 0 Å². The van der Waals surface area contributed by atoms with E-state index in [1.807, 2.05) is 12.2 Å². The van der Waals surface area contributed by atoms with Gasteiger partial charge in [-0.1, -0.05) is 265 Å². The molecule has 19 heteroatoms. The van der Waals surface area contributed by atoms with E-state index in [2.05, 4.69) is 125 Å². The Bertz CT molecular complexity index is 2250. The van der Waals surface area contributed by atoms with Crippen LogP contribution in [0.15, 0.2) is 109 Å². The quantitative estimate of drug-likeness (QED) is 0.0169. The van der Waals surface area contributed by atoms with Crippen molar-refractivity contribution in [2.75, 3.05) is 39.6 Å². The Morgan fingerprint density at radius 2 is 0.562 bits per heavy atom. The third-order valence-electron chi connectivity index (χ3n) is 15.2. The van der Waals surface area contributed by atoms with Gasteiger partial charge in [0.2, 0.25) is 0 Å². The maximum Gasteiger partial charge on any atom is 0.472 e. The fraction of sp³-hybridized carbons (Fsp3) is 0.714. The Labute approximate surface area is 581 Å². The lowest BCUT2D eigenvalue weighted by molar-refractivity contribution is -0.161. The van der Waals surface area contributed by atoms with Crippen molar-refractivity contribution in [3.63, 3.8) is 0 Å². The van der Waals surface area contributed by atoms with Crippen LogP contribution in [0.25, 0.3) is 0 Å². The molecule has 0 heterocycles. The molecule has 0 aliphatic carbocycles. The zero-order valence-electron chi connectivity index (χ0n) is 60.0. The summed E-state index contributed by atoms with van der Waals surface area (Å²) in [6, 6.07) is 0. The van der Waals surface area contributed by atoms with Crippen LogP contribution in [0, 0.1) is 0 Å². The van der Waals surface area contributed by atoms with Crippen molar-refractivity contribution in [1.82, 2.24) is 0 Å². The molecule has 0 aliphatic heterocycles. The zero-order valence-corrected chi connectivity index (χ0v) is 61.8. The van der Waals surface area contributed by atoms with Crippen LogP contribution in [0.5, 0.6) is 0 Å². The largest absolute Gasteiger partial charge is 0.472 e. The maximum atomic E-state index is 13.1. The molecule has 17 nitrogen and oxygen atoms in total. The summed E-state index contributed by atoms with van der Waals surface area (Å²) >= 11 is 0. The summed E-state index contributed by atoms with van der Waals surface area (Å²) < 4.78 is 68.3. The minimum atomic E-state index is -4.98. The van der Waals surface area contributed by atoms with E-state index in [9.17, 15) is 43.2 Å². The molecule has 3 N–H and O–H groups in total. The number of phosphoric acid groups is 2. The molecule has 0 aromatic carbocycles. The molecule has 0 aliphatic rings. The molecular formula is C77H132O17P2. The van der Waals surface area contributed by atoms with Gasteiger partial charge >= 0.3 is 39.5 Å². The Balaban J connectivity index is 5.37. The second kappa shape index (κ2) is 69.2. The topological polar surface area (TPSA) is 237 Å². The van der Waals surface area contributed by atoms with E-state index in [0.29, 0.717) is 32.1 Å². The number of hydrogen-bond donors (Lipinski definition) is 3. The van der Waals surface area contributed by atoms with Gasteiger partial charge in [0.25, 0.3) is 0 Å². The molecule has 0 spiro atoms. The van der Waals surface area contributed by atoms with Crippen LogP contribution in [0.3, 0.4) is 0 Å². The minimum absolute atomic E-state index is 0.0787. The summed E-state index contributed by atoms with van der Waals surface area (Å²) in [5.74, 6) is -2.26. The summed E-state index contributed by atoms with van der Waals surface area (Å²) in [7, 11) is -9.96. The van der Waals surface area contributed by atoms with E-state index in [-0.39, 0.29) is 25.7 Å². The highest BCUT2D eigenvalue weighted by Gasteiger charge is 2.30. The number of carbonyl (C=O) groups excluding carboxylic acids is 4. The van der Waals surface area contributed by atoms with E-state index >= 15 is 0 Å². The molecule has 0 saturated heterocycles. The summed E-state index contributed by atoms with van der Waals surface area (Å²) in [6.07, 6.45) is 72.4. The Kier molecular flexibility index (Phi) is 66.1. The average Bonchev–Trinajstić information content (AvgIpc) is 1.17. The zero-order chi connectivity index (χ0) is 70.4. The summed E-state index contributed by atoms with van der Waals surface area (Å²) in [5, 5.41) is 10.6. The number of ether oxygens (including phenoxy) is 4. The molecule has 0 rings (SSSR count). The third kappa shape index (κ3) is 68.3. The smallest absolute Gasteiger partial charge is 0.462 e. The van der Waals surface area contributed by atoms with Crippen LogP contribution in [0.2, 0.25) is 0 Å². The number of aliphatic hydroxyl groups excluding tert-OH is 1.